The number of hydrogen-bond donors (Lipinski definition) is 13. The molecule has 0 spiro atoms. The zero-order valence-electron chi connectivity index (χ0n) is 43.8. The summed E-state index contributed by atoms with van der Waals surface area (Å²) in [6, 6.07) is 0. The molecule has 23 heteroatoms. The fourth-order valence-electron chi connectivity index (χ4n) is 15.9. The van der Waals surface area contributed by atoms with Crippen LogP contribution in [0.3, 0.4) is 0 Å². The summed E-state index contributed by atoms with van der Waals surface area (Å²) in [4.78, 5) is 28.4. The molecule has 0 amide bonds. The molecule has 0 aromatic heterocycles. The molecular weight excluding hydrogens is 993 g/mol. The first-order valence-electron chi connectivity index (χ1n) is 26.7. The van der Waals surface area contributed by atoms with Crippen molar-refractivity contribution in [1.29, 1.82) is 0 Å². The molecule has 9 rings (SSSR count). The lowest BCUT2D eigenvalue weighted by atomic mass is 9.33. The van der Waals surface area contributed by atoms with Gasteiger partial charge in [0.2, 0.25) is 6.29 Å². The fourth-order valence-corrected chi connectivity index (χ4v) is 15.9. The van der Waals surface area contributed by atoms with E-state index in [1.165, 1.54) is 6.92 Å². The highest BCUT2D eigenvalue weighted by atomic mass is 16.8. The van der Waals surface area contributed by atoms with Crippen LogP contribution in [0.4, 0.5) is 0 Å². The highest BCUT2D eigenvalue weighted by molar-refractivity contribution is 5.79. The molecule has 0 aromatic carbocycles. The zero-order valence-corrected chi connectivity index (χ0v) is 43.8. The second-order valence-electron chi connectivity index (χ2n) is 25.4. The predicted octanol–water partition coefficient (Wildman–Crippen LogP) is -1.69. The Labute approximate surface area is 435 Å². The average Bonchev–Trinajstić information content (AvgIpc) is 3.64. The van der Waals surface area contributed by atoms with Crippen LogP contribution in [-0.2, 0) is 47.5 Å². The number of rotatable bonds is 11. The van der Waals surface area contributed by atoms with Gasteiger partial charge in [0.25, 0.3) is 0 Å². The first kappa shape index (κ1) is 57.6. The highest BCUT2D eigenvalue weighted by Gasteiger charge is 2.72. The van der Waals surface area contributed by atoms with Crippen LogP contribution in [0.2, 0.25) is 0 Å². The summed E-state index contributed by atoms with van der Waals surface area (Å²) in [5.41, 5.74) is -5.58. The number of aliphatic hydroxyl groups excluding tert-OH is 11. The quantitative estimate of drug-likeness (QED) is 0.0811. The number of hydrogen-bond acceptors (Lipinski definition) is 22. The summed E-state index contributed by atoms with van der Waals surface area (Å²) in [6.45, 7) is 11.1. The first-order valence-corrected chi connectivity index (χ1v) is 26.7. The number of allylic oxidation sites excluding steroid dienone is 2. The molecule has 13 N–H and O–H groups in total. The smallest absolute Gasteiger partial charge is 0.315 e. The van der Waals surface area contributed by atoms with Crippen LogP contribution >= 0.6 is 0 Å². The van der Waals surface area contributed by atoms with Crippen molar-refractivity contribution in [3.05, 3.63) is 11.6 Å². The van der Waals surface area contributed by atoms with Crippen LogP contribution in [0, 0.1) is 50.2 Å². The Bertz CT molecular complexity index is 2150. The van der Waals surface area contributed by atoms with Gasteiger partial charge in [-0.05, 0) is 111 Å². The largest absolute Gasteiger partial charge is 0.481 e. The highest BCUT2D eigenvalue weighted by Crippen LogP contribution is 2.76. The number of aliphatic carboxylic acids is 1. The number of ether oxygens (including phenoxy) is 8. The lowest BCUT2D eigenvalue weighted by Crippen LogP contribution is -2.69. The molecule has 0 radical (unpaired) electrons. The maximum Gasteiger partial charge on any atom is 0.315 e. The summed E-state index contributed by atoms with van der Waals surface area (Å²) in [7, 11) is 0. The van der Waals surface area contributed by atoms with Gasteiger partial charge in [-0.3, -0.25) is 9.59 Å². The molecule has 0 bridgehead atoms. The maximum atomic E-state index is 15.5. The number of carbonyl (C=O) groups is 2. The standard InChI is InChI=1S/C52H82O23/c1-22-35(72-40-33(60)30(57)26(56)19-68-40)36(73-43-39(63)52(67,20-54)21-69-43)34(61)41(70-22)74-37-32(59)31(58)27(18-53)71-42(37)75-45(66)51-14-12-46(2,3)16-24(51)23-8-9-28-47(4)17-25(55)38(62)50(7,44(64)65)29(47)10-11-49(28,6)48(23,5)13-15-51/h8,22,24-43,53-63,67H,9-21H2,1-7H3,(H,64,65)/t22-,24-,25-,26+,27+,28+,29+,30-,31+,32-,33+,34+,35-,36-,37+,38-,39-,40-,41-,42-,43-,47+,48+,49+,50-,51-,52+/m0/s1. The van der Waals surface area contributed by atoms with E-state index in [9.17, 15) is 71.2 Å². The molecule has 27 atom stereocenters. The van der Waals surface area contributed by atoms with E-state index in [1.54, 1.807) is 6.92 Å². The fraction of sp³-hybridized carbons (Fsp3) is 0.923. The van der Waals surface area contributed by atoms with Gasteiger partial charge in [0.15, 0.2) is 25.0 Å². The molecule has 5 aliphatic carbocycles. The topological polar surface area (TPSA) is 371 Å². The lowest BCUT2D eigenvalue weighted by Gasteiger charge is -2.71. The summed E-state index contributed by atoms with van der Waals surface area (Å²) < 4.78 is 47.8. The SMILES string of the molecule is C[C@@H]1O[C@@H](O[C@H]2[C@H](OC(=O)[C@]34CCC(C)(C)C[C@H]3C3=CC[C@@H]5[C@@]6(C)C[C@H](O)[C@H](O)[C@@](C)(C(=O)O)[C@@H]6CC[C@@]5(C)[C@]3(C)CC4)O[C@H](CO)[C@@H](O)[C@@H]2O)[C@H](O)[C@H](O[C@@H]2OC[C@](O)(CO)[C@H]2O)[C@H]1O[C@@H]1OC[C@@H](O)[C@H](O)[C@H]1O. The minimum Gasteiger partial charge on any atom is -0.481 e. The Balaban J connectivity index is 1.01. The molecule has 4 saturated carbocycles. The van der Waals surface area contributed by atoms with Crippen molar-refractivity contribution in [3.63, 3.8) is 0 Å². The first-order chi connectivity index (χ1) is 35.0. The second-order valence-corrected chi connectivity index (χ2v) is 25.4. The van der Waals surface area contributed by atoms with E-state index < -0.39 is 188 Å². The van der Waals surface area contributed by atoms with Crippen LogP contribution in [0.1, 0.15) is 106 Å². The van der Waals surface area contributed by atoms with E-state index in [1.807, 2.05) is 0 Å². The third-order valence-corrected chi connectivity index (χ3v) is 20.8. The number of fused-ring (bicyclic) bond motifs is 7. The molecule has 4 saturated heterocycles. The Hall–Kier alpha value is -2.08. The van der Waals surface area contributed by atoms with Gasteiger partial charge in [-0.2, -0.15) is 0 Å². The summed E-state index contributed by atoms with van der Waals surface area (Å²) in [6.07, 6.45) is -23.3. The zero-order chi connectivity index (χ0) is 54.9. The van der Waals surface area contributed by atoms with Crippen molar-refractivity contribution in [2.24, 2.45) is 50.2 Å². The van der Waals surface area contributed by atoms with Crippen molar-refractivity contribution < 1.29 is 114 Å². The number of carbonyl (C=O) groups excluding carboxylic acids is 1. The van der Waals surface area contributed by atoms with Gasteiger partial charge in [-0.15, -0.1) is 0 Å². The third-order valence-electron chi connectivity index (χ3n) is 20.8. The van der Waals surface area contributed by atoms with Crippen molar-refractivity contribution in [2.75, 3.05) is 26.4 Å². The van der Waals surface area contributed by atoms with Crippen LogP contribution in [0.15, 0.2) is 11.6 Å². The monoisotopic (exact) mass is 1070 g/mol. The van der Waals surface area contributed by atoms with E-state index >= 15 is 4.79 Å². The van der Waals surface area contributed by atoms with E-state index in [0.29, 0.717) is 51.4 Å². The van der Waals surface area contributed by atoms with E-state index in [-0.39, 0.29) is 23.7 Å². The van der Waals surface area contributed by atoms with Crippen molar-refractivity contribution in [2.45, 2.75) is 222 Å². The van der Waals surface area contributed by atoms with E-state index in [4.69, 9.17) is 37.9 Å². The van der Waals surface area contributed by atoms with Gasteiger partial charge in [-0.25, -0.2) is 0 Å². The lowest BCUT2D eigenvalue weighted by molar-refractivity contribution is -0.385. The van der Waals surface area contributed by atoms with Crippen LogP contribution in [-0.4, -0.2) is 221 Å². The Morgan fingerprint density at radius 2 is 1.35 bits per heavy atom. The average molecular weight is 1080 g/mol. The number of carboxylic acids is 1. The molecule has 75 heavy (non-hydrogen) atoms. The number of esters is 1. The second kappa shape index (κ2) is 20.2. The maximum absolute atomic E-state index is 15.5. The Morgan fingerprint density at radius 3 is 2.00 bits per heavy atom. The molecule has 4 aliphatic heterocycles. The molecule has 4 heterocycles. The summed E-state index contributed by atoms with van der Waals surface area (Å²) in [5, 5.41) is 141. The normalized spacial score (nSPS) is 54.6. The Morgan fingerprint density at radius 1 is 0.680 bits per heavy atom. The van der Waals surface area contributed by atoms with Gasteiger partial charge in [0, 0.05) is 0 Å². The minimum atomic E-state index is -2.17. The van der Waals surface area contributed by atoms with Gasteiger partial charge in [0.05, 0.1) is 55.6 Å². The molecule has 0 unspecified atom stereocenters. The van der Waals surface area contributed by atoms with Gasteiger partial charge < -0.3 is 104 Å². The van der Waals surface area contributed by atoms with Crippen molar-refractivity contribution in [1.82, 2.24) is 0 Å². The molecule has 9 aliphatic rings. The van der Waals surface area contributed by atoms with Crippen molar-refractivity contribution in [3.8, 4) is 0 Å². The number of carboxylic acid groups (broad SMARTS) is 1. The molecule has 23 nitrogen and oxygen atoms in total. The van der Waals surface area contributed by atoms with Gasteiger partial charge >= 0.3 is 11.9 Å². The van der Waals surface area contributed by atoms with E-state index in [2.05, 4.69) is 40.7 Å². The van der Waals surface area contributed by atoms with Gasteiger partial charge in [-0.1, -0.05) is 46.3 Å². The molecule has 428 valence electrons. The minimum absolute atomic E-state index is 0.0770. The summed E-state index contributed by atoms with van der Waals surface area (Å²) >= 11 is 0. The van der Waals surface area contributed by atoms with Crippen LogP contribution in [0.5, 0.6) is 0 Å². The summed E-state index contributed by atoms with van der Waals surface area (Å²) in [5.74, 6) is -2.67. The molecule has 0 aromatic rings. The predicted molar refractivity (Wildman–Crippen MR) is 253 cm³/mol. The number of aliphatic hydroxyl groups is 12. The Kier molecular flexibility index (Phi) is 15.5. The van der Waals surface area contributed by atoms with Gasteiger partial charge in [0.1, 0.15) is 66.6 Å². The van der Waals surface area contributed by atoms with Crippen LogP contribution in [0.25, 0.3) is 0 Å². The molecular formula is C52H82O23. The van der Waals surface area contributed by atoms with Crippen LogP contribution < -0.4 is 0 Å². The molecule has 8 fully saturated rings. The van der Waals surface area contributed by atoms with E-state index in [0.717, 1.165) is 5.57 Å². The third kappa shape index (κ3) is 8.98. The van der Waals surface area contributed by atoms with Crippen molar-refractivity contribution >= 4 is 11.9 Å².